The highest BCUT2D eigenvalue weighted by Crippen LogP contribution is 2.22. The van der Waals surface area contributed by atoms with E-state index >= 15 is 0 Å². The van der Waals surface area contributed by atoms with Crippen LogP contribution in [0, 0.1) is 5.92 Å². The van der Waals surface area contributed by atoms with Crippen molar-refractivity contribution in [1.29, 1.82) is 0 Å². The van der Waals surface area contributed by atoms with Crippen molar-refractivity contribution < 1.29 is 0 Å². The zero-order valence-electron chi connectivity index (χ0n) is 11.7. The lowest BCUT2D eigenvalue weighted by atomic mass is 9.88. The van der Waals surface area contributed by atoms with E-state index in [1.54, 1.807) is 0 Å². The van der Waals surface area contributed by atoms with Crippen LogP contribution in [-0.2, 0) is 6.42 Å². The molecule has 0 saturated carbocycles. The number of hydrogen-bond acceptors (Lipinski definition) is 2. The van der Waals surface area contributed by atoms with E-state index in [2.05, 4.69) is 49.1 Å². The fraction of sp³-hybridized carbons (Fsp3) is 0.625. The number of rotatable bonds is 4. The second-order valence-electron chi connectivity index (χ2n) is 5.76. The number of nitrogens with two attached hydrogens (primary N) is 1. The van der Waals surface area contributed by atoms with Crippen molar-refractivity contribution in [3.05, 3.63) is 35.9 Å². The van der Waals surface area contributed by atoms with Crippen molar-refractivity contribution in [2.75, 3.05) is 13.1 Å². The maximum Gasteiger partial charge on any atom is 0.0171 e. The largest absolute Gasteiger partial charge is 0.327 e. The summed E-state index contributed by atoms with van der Waals surface area (Å²) < 4.78 is 0. The van der Waals surface area contributed by atoms with Crippen molar-refractivity contribution in [3.8, 4) is 0 Å². The van der Waals surface area contributed by atoms with Crippen LogP contribution in [0.15, 0.2) is 30.3 Å². The van der Waals surface area contributed by atoms with Gasteiger partial charge in [-0.1, -0.05) is 37.3 Å². The van der Waals surface area contributed by atoms with Gasteiger partial charge in [0.25, 0.3) is 0 Å². The Morgan fingerprint density at radius 2 is 2.00 bits per heavy atom. The molecule has 1 aromatic carbocycles. The molecule has 0 spiro atoms. The number of likely N-dealkylation sites (tertiary alicyclic amines) is 1. The standard InChI is InChI=1S/C16H26N2/c1-3-13(2)18-11-15(10-16(17)12-18)9-14-7-5-4-6-8-14/h4-8,13,15-16H,3,9-12,17H2,1-2H3. The molecule has 1 aromatic rings. The van der Waals surface area contributed by atoms with Gasteiger partial charge in [0.1, 0.15) is 0 Å². The molecule has 2 N–H and O–H groups in total. The van der Waals surface area contributed by atoms with Gasteiger partial charge < -0.3 is 5.73 Å². The molecule has 2 rings (SSSR count). The van der Waals surface area contributed by atoms with Crippen LogP contribution in [0.3, 0.4) is 0 Å². The van der Waals surface area contributed by atoms with E-state index in [-0.39, 0.29) is 0 Å². The highest BCUT2D eigenvalue weighted by Gasteiger charge is 2.27. The lowest BCUT2D eigenvalue weighted by Crippen LogP contribution is -2.50. The van der Waals surface area contributed by atoms with Crippen molar-refractivity contribution in [3.63, 3.8) is 0 Å². The Balaban J connectivity index is 1.96. The molecule has 0 aromatic heterocycles. The van der Waals surface area contributed by atoms with E-state index in [0.29, 0.717) is 18.0 Å². The normalized spacial score (nSPS) is 27.1. The molecular formula is C16H26N2. The van der Waals surface area contributed by atoms with Gasteiger partial charge in [-0.2, -0.15) is 0 Å². The van der Waals surface area contributed by atoms with Crippen LogP contribution in [-0.4, -0.2) is 30.1 Å². The average Bonchev–Trinajstić information content (AvgIpc) is 2.38. The van der Waals surface area contributed by atoms with Gasteiger partial charge in [0, 0.05) is 25.2 Å². The van der Waals surface area contributed by atoms with Gasteiger partial charge in [0.15, 0.2) is 0 Å². The fourth-order valence-electron chi connectivity index (χ4n) is 3.00. The maximum atomic E-state index is 6.22. The van der Waals surface area contributed by atoms with Crippen molar-refractivity contribution in [1.82, 2.24) is 4.90 Å². The highest BCUT2D eigenvalue weighted by atomic mass is 15.2. The van der Waals surface area contributed by atoms with Crippen LogP contribution in [0.5, 0.6) is 0 Å². The van der Waals surface area contributed by atoms with Gasteiger partial charge in [-0.25, -0.2) is 0 Å². The second-order valence-corrected chi connectivity index (χ2v) is 5.76. The summed E-state index contributed by atoms with van der Waals surface area (Å²) in [6, 6.07) is 11.8. The molecule has 0 bridgehead atoms. The predicted molar refractivity (Wildman–Crippen MR) is 77.6 cm³/mol. The molecule has 1 heterocycles. The Morgan fingerprint density at radius 1 is 1.28 bits per heavy atom. The van der Waals surface area contributed by atoms with E-state index in [0.717, 1.165) is 6.54 Å². The van der Waals surface area contributed by atoms with Gasteiger partial charge in [0.05, 0.1) is 0 Å². The summed E-state index contributed by atoms with van der Waals surface area (Å²) >= 11 is 0. The Kier molecular flexibility index (Phi) is 4.79. The minimum atomic E-state index is 0.349. The van der Waals surface area contributed by atoms with Crippen molar-refractivity contribution in [2.24, 2.45) is 11.7 Å². The molecule has 1 saturated heterocycles. The summed E-state index contributed by atoms with van der Waals surface area (Å²) in [4.78, 5) is 2.57. The zero-order valence-corrected chi connectivity index (χ0v) is 11.7. The first-order valence-corrected chi connectivity index (χ1v) is 7.22. The Labute approximate surface area is 111 Å². The zero-order chi connectivity index (χ0) is 13.0. The Bertz CT molecular complexity index is 349. The fourth-order valence-corrected chi connectivity index (χ4v) is 3.00. The summed E-state index contributed by atoms with van der Waals surface area (Å²) in [5, 5.41) is 0. The summed E-state index contributed by atoms with van der Waals surface area (Å²) in [7, 11) is 0. The summed E-state index contributed by atoms with van der Waals surface area (Å²) in [5.41, 5.74) is 7.67. The quantitative estimate of drug-likeness (QED) is 0.885. The van der Waals surface area contributed by atoms with Crippen LogP contribution in [0.1, 0.15) is 32.3 Å². The molecule has 0 amide bonds. The molecule has 1 aliphatic rings. The van der Waals surface area contributed by atoms with Crippen molar-refractivity contribution >= 4 is 0 Å². The number of piperidine rings is 1. The number of hydrogen-bond donors (Lipinski definition) is 1. The van der Waals surface area contributed by atoms with Crippen LogP contribution >= 0.6 is 0 Å². The first-order chi connectivity index (χ1) is 8.69. The smallest absolute Gasteiger partial charge is 0.0171 e. The molecule has 0 aliphatic carbocycles. The highest BCUT2D eigenvalue weighted by molar-refractivity contribution is 5.15. The second kappa shape index (κ2) is 6.35. The van der Waals surface area contributed by atoms with E-state index < -0.39 is 0 Å². The summed E-state index contributed by atoms with van der Waals surface area (Å²) in [5.74, 6) is 0.713. The first kappa shape index (κ1) is 13.6. The molecule has 0 radical (unpaired) electrons. The number of nitrogens with zero attached hydrogens (tertiary/aromatic N) is 1. The summed E-state index contributed by atoms with van der Waals surface area (Å²) in [6.07, 6.45) is 3.55. The summed E-state index contributed by atoms with van der Waals surface area (Å²) in [6.45, 7) is 6.85. The van der Waals surface area contributed by atoms with E-state index in [1.165, 1.54) is 31.4 Å². The maximum absolute atomic E-state index is 6.22. The first-order valence-electron chi connectivity index (χ1n) is 7.22. The minimum absolute atomic E-state index is 0.349. The van der Waals surface area contributed by atoms with E-state index in [1.807, 2.05) is 0 Å². The van der Waals surface area contributed by atoms with Gasteiger partial charge >= 0.3 is 0 Å². The van der Waals surface area contributed by atoms with Crippen LogP contribution in [0.4, 0.5) is 0 Å². The van der Waals surface area contributed by atoms with Crippen molar-refractivity contribution in [2.45, 2.75) is 45.2 Å². The lowest BCUT2D eigenvalue weighted by Gasteiger charge is -2.39. The lowest BCUT2D eigenvalue weighted by molar-refractivity contribution is 0.114. The van der Waals surface area contributed by atoms with E-state index in [9.17, 15) is 0 Å². The third-order valence-corrected chi connectivity index (χ3v) is 4.18. The van der Waals surface area contributed by atoms with Gasteiger partial charge in [-0.15, -0.1) is 0 Å². The topological polar surface area (TPSA) is 29.3 Å². The molecule has 1 fully saturated rings. The third kappa shape index (κ3) is 3.56. The Morgan fingerprint density at radius 3 is 2.67 bits per heavy atom. The molecular weight excluding hydrogens is 220 g/mol. The molecule has 2 nitrogen and oxygen atoms in total. The monoisotopic (exact) mass is 246 g/mol. The SMILES string of the molecule is CCC(C)N1CC(N)CC(Cc2ccccc2)C1. The van der Waals surface area contributed by atoms with Gasteiger partial charge in [0.2, 0.25) is 0 Å². The third-order valence-electron chi connectivity index (χ3n) is 4.18. The number of benzene rings is 1. The molecule has 100 valence electrons. The Hall–Kier alpha value is -0.860. The van der Waals surface area contributed by atoms with Gasteiger partial charge in [-0.3, -0.25) is 4.90 Å². The molecule has 3 atom stereocenters. The molecule has 3 unspecified atom stereocenters. The molecule has 1 aliphatic heterocycles. The van der Waals surface area contributed by atoms with Crippen LogP contribution in [0.2, 0.25) is 0 Å². The minimum Gasteiger partial charge on any atom is -0.327 e. The average molecular weight is 246 g/mol. The van der Waals surface area contributed by atoms with E-state index in [4.69, 9.17) is 5.73 Å². The molecule has 18 heavy (non-hydrogen) atoms. The predicted octanol–water partition coefficient (Wildman–Crippen LogP) is 2.68. The molecule has 2 heteroatoms. The van der Waals surface area contributed by atoms with Crippen LogP contribution in [0.25, 0.3) is 0 Å². The van der Waals surface area contributed by atoms with Gasteiger partial charge in [-0.05, 0) is 37.7 Å². The van der Waals surface area contributed by atoms with Crippen LogP contribution < -0.4 is 5.73 Å².